The summed E-state index contributed by atoms with van der Waals surface area (Å²) in [6.45, 7) is 0.0947. The van der Waals surface area contributed by atoms with Crippen LogP contribution >= 0.6 is 0 Å². The largest absolute Gasteiger partial charge is 0.447 e. The summed E-state index contributed by atoms with van der Waals surface area (Å²) in [7, 11) is 0. The summed E-state index contributed by atoms with van der Waals surface area (Å²) in [5.41, 5.74) is 0.946. The van der Waals surface area contributed by atoms with Gasteiger partial charge in [-0.3, -0.25) is 9.59 Å². The number of nitrogens with one attached hydrogen (secondary N) is 2. The van der Waals surface area contributed by atoms with Crippen LogP contribution < -0.4 is 10.6 Å². The van der Waals surface area contributed by atoms with Crippen molar-refractivity contribution in [3.05, 3.63) is 45.5 Å². The number of nitrogens with zero attached hydrogens (tertiary/aromatic N) is 6. The highest BCUT2D eigenvalue weighted by Crippen LogP contribution is 2.43. The minimum Gasteiger partial charge on any atom is -0.358 e. The molecule has 15 heteroatoms. The Morgan fingerprint density at radius 1 is 1.28 bits per heavy atom. The van der Waals surface area contributed by atoms with Crippen LogP contribution in [0.15, 0.2) is 23.1 Å². The van der Waals surface area contributed by atoms with Crippen LogP contribution in [0.3, 0.4) is 0 Å². The second-order valence-corrected chi connectivity index (χ2v) is 7.39. The van der Waals surface area contributed by atoms with Gasteiger partial charge in [-0.1, -0.05) is 0 Å². The third kappa shape index (κ3) is 4.65. The van der Waals surface area contributed by atoms with Gasteiger partial charge in [0.05, 0.1) is 24.6 Å². The highest BCUT2D eigenvalue weighted by molar-refractivity contribution is 5.95. The minimum absolute atomic E-state index is 0.0533. The molecule has 13 nitrogen and oxygen atoms in total. The summed E-state index contributed by atoms with van der Waals surface area (Å²) < 4.78 is 31.4. The molecule has 0 spiro atoms. The highest BCUT2D eigenvalue weighted by Gasteiger charge is 2.45. The number of imidazole rings is 1. The molecule has 4 rings (SSSR count). The van der Waals surface area contributed by atoms with Crippen molar-refractivity contribution in [2.75, 3.05) is 0 Å². The van der Waals surface area contributed by atoms with Gasteiger partial charge in [-0.25, -0.2) is 18.3 Å². The van der Waals surface area contributed by atoms with Crippen molar-refractivity contribution < 1.29 is 27.9 Å². The van der Waals surface area contributed by atoms with E-state index in [4.69, 9.17) is 0 Å². The maximum absolute atomic E-state index is 12.9. The molecule has 0 saturated heterocycles. The lowest BCUT2D eigenvalue weighted by Crippen LogP contribution is -2.38. The first-order chi connectivity index (χ1) is 15.2. The molecule has 0 atom stereocenters. The molecule has 1 aliphatic carbocycles. The molecule has 3 aromatic rings. The zero-order valence-electron chi connectivity index (χ0n) is 16.3. The van der Waals surface area contributed by atoms with Crippen molar-refractivity contribution in [3.63, 3.8) is 0 Å². The molecule has 0 radical (unpaired) electrons. The molecule has 168 valence electrons. The normalized spacial score (nSPS) is 15.3. The standard InChI is InChI=1S/C17H16F2N8O5/c18-17(19)3-9(4-17)2-13(28)20-5-10-1-12-23-11(8-26(12)22-6-10)7-21-16(29)14-15(27(30)31)25-32-24-14/h1,6,8-9H,2-5,7H2,(H,20,28)(H,21,29). The quantitative estimate of drug-likeness (QED) is 0.375. The van der Waals surface area contributed by atoms with Crippen LogP contribution in [-0.4, -0.2) is 47.6 Å². The van der Waals surface area contributed by atoms with Gasteiger partial charge < -0.3 is 20.7 Å². The van der Waals surface area contributed by atoms with Crippen LogP contribution in [0.2, 0.25) is 0 Å². The van der Waals surface area contributed by atoms with Crippen LogP contribution in [0.25, 0.3) is 5.65 Å². The Labute approximate surface area is 177 Å². The second kappa shape index (κ2) is 8.24. The number of halogens is 2. The Hall–Kier alpha value is -4.04. The van der Waals surface area contributed by atoms with E-state index in [0.717, 1.165) is 0 Å². The van der Waals surface area contributed by atoms with E-state index in [0.29, 0.717) is 16.9 Å². The lowest BCUT2D eigenvalue weighted by Gasteiger charge is -2.34. The average molecular weight is 450 g/mol. The molecule has 1 aliphatic rings. The number of carbonyl (C=O) groups is 2. The zero-order chi connectivity index (χ0) is 22.9. The topological polar surface area (TPSA) is 170 Å². The lowest BCUT2D eigenvalue weighted by molar-refractivity contribution is -0.391. The first kappa shape index (κ1) is 21.2. The number of amides is 2. The van der Waals surface area contributed by atoms with Crippen LogP contribution in [0.5, 0.6) is 0 Å². The van der Waals surface area contributed by atoms with Gasteiger partial charge in [-0.05, 0) is 27.6 Å². The fourth-order valence-corrected chi connectivity index (χ4v) is 3.31. The molecule has 1 saturated carbocycles. The monoisotopic (exact) mass is 450 g/mol. The maximum atomic E-state index is 12.9. The van der Waals surface area contributed by atoms with E-state index in [1.54, 1.807) is 12.3 Å². The predicted octanol–water partition coefficient (Wildman–Crippen LogP) is 1.00. The summed E-state index contributed by atoms with van der Waals surface area (Å²) in [5, 5.41) is 26.3. The summed E-state index contributed by atoms with van der Waals surface area (Å²) in [6.07, 6.45) is 2.59. The van der Waals surface area contributed by atoms with Gasteiger partial charge in [0.25, 0.3) is 11.6 Å². The van der Waals surface area contributed by atoms with Gasteiger partial charge in [-0.2, -0.15) is 5.10 Å². The molecule has 3 heterocycles. The molecule has 2 amide bonds. The van der Waals surface area contributed by atoms with Crippen LogP contribution in [-0.2, 0) is 17.9 Å². The summed E-state index contributed by atoms with van der Waals surface area (Å²) in [5.74, 6) is -4.91. The molecule has 2 N–H and O–H groups in total. The molecule has 0 bridgehead atoms. The third-order valence-electron chi connectivity index (χ3n) is 4.85. The van der Waals surface area contributed by atoms with E-state index in [9.17, 15) is 28.5 Å². The van der Waals surface area contributed by atoms with Gasteiger partial charge in [0.1, 0.15) is 0 Å². The SMILES string of the molecule is O=C(CC1CC(F)(F)C1)NCc1cnn2cc(CNC(=O)c3nonc3[N+](=O)[O-])nc2c1. The Morgan fingerprint density at radius 2 is 2.06 bits per heavy atom. The van der Waals surface area contributed by atoms with Crippen molar-refractivity contribution in [2.24, 2.45) is 5.92 Å². The van der Waals surface area contributed by atoms with Crippen molar-refractivity contribution in [1.82, 2.24) is 35.5 Å². The Balaban J connectivity index is 1.31. The minimum atomic E-state index is -2.65. The van der Waals surface area contributed by atoms with Crippen molar-refractivity contribution in [2.45, 2.75) is 38.3 Å². The number of nitro groups is 1. The number of alkyl halides is 2. The molecular weight excluding hydrogens is 434 g/mol. The lowest BCUT2D eigenvalue weighted by atomic mass is 9.79. The summed E-state index contributed by atoms with van der Waals surface area (Å²) in [6, 6.07) is 1.67. The number of hydrogen-bond donors (Lipinski definition) is 2. The zero-order valence-corrected chi connectivity index (χ0v) is 16.3. The molecule has 3 aromatic heterocycles. The van der Waals surface area contributed by atoms with Gasteiger partial charge >= 0.3 is 5.82 Å². The Kier molecular flexibility index (Phi) is 5.46. The predicted molar refractivity (Wildman–Crippen MR) is 99.2 cm³/mol. The van der Waals surface area contributed by atoms with Gasteiger partial charge in [0.15, 0.2) is 10.8 Å². The van der Waals surface area contributed by atoms with Crippen molar-refractivity contribution in [3.8, 4) is 0 Å². The summed E-state index contributed by atoms with van der Waals surface area (Å²) in [4.78, 5) is 38.2. The molecule has 0 aliphatic heterocycles. The average Bonchev–Trinajstić information content (AvgIpc) is 3.35. The van der Waals surface area contributed by atoms with Crippen molar-refractivity contribution in [1.29, 1.82) is 0 Å². The van der Waals surface area contributed by atoms with E-state index >= 15 is 0 Å². The van der Waals surface area contributed by atoms with Gasteiger partial charge in [-0.15, -0.1) is 4.63 Å². The fraction of sp³-hybridized carbons (Fsp3) is 0.412. The molecule has 32 heavy (non-hydrogen) atoms. The van der Waals surface area contributed by atoms with Gasteiger partial charge in [0, 0.05) is 25.8 Å². The number of carbonyl (C=O) groups excluding carboxylic acids is 2. The first-order valence-corrected chi connectivity index (χ1v) is 9.43. The fourth-order valence-electron chi connectivity index (χ4n) is 3.31. The number of aromatic nitrogens is 5. The maximum Gasteiger partial charge on any atom is 0.447 e. The number of rotatable bonds is 8. The Bertz CT molecular complexity index is 1180. The van der Waals surface area contributed by atoms with E-state index in [1.807, 2.05) is 0 Å². The van der Waals surface area contributed by atoms with E-state index in [1.165, 1.54) is 10.7 Å². The number of fused-ring (bicyclic) bond motifs is 1. The van der Waals surface area contributed by atoms with E-state index < -0.39 is 28.3 Å². The van der Waals surface area contributed by atoms with Crippen LogP contribution in [0.4, 0.5) is 14.6 Å². The molecule has 0 unspecified atom stereocenters. The highest BCUT2D eigenvalue weighted by atomic mass is 19.3. The Morgan fingerprint density at radius 3 is 2.78 bits per heavy atom. The molecule has 0 aromatic carbocycles. The number of hydrogen-bond acceptors (Lipinski definition) is 9. The van der Waals surface area contributed by atoms with Crippen molar-refractivity contribution >= 4 is 23.3 Å². The van der Waals surface area contributed by atoms with Crippen LogP contribution in [0.1, 0.15) is 41.0 Å². The van der Waals surface area contributed by atoms with Crippen LogP contribution in [0, 0.1) is 16.0 Å². The first-order valence-electron chi connectivity index (χ1n) is 9.43. The third-order valence-corrected chi connectivity index (χ3v) is 4.85. The van der Waals surface area contributed by atoms with E-state index in [2.05, 4.69) is 35.7 Å². The van der Waals surface area contributed by atoms with Gasteiger partial charge in [0.2, 0.25) is 11.8 Å². The molecule has 1 fully saturated rings. The van der Waals surface area contributed by atoms with E-state index in [-0.39, 0.29) is 44.2 Å². The second-order valence-electron chi connectivity index (χ2n) is 7.39. The smallest absolute Gasteiger partial charge is 0.358 e. The molecular formula is C17H16F2N8O5. The summed E-state index contributed by atoms with van der Waals surface area (Å²) >= 11 is 0.